The summed E-state index contributed by atoms with van der Waals surface area (Å²) in [4.78, 5) is 29.5. The second-order valence-corrected chi connectivity index (χ2v) is 5.80. The van der Waals surface area contributed by atoms with Gasteiger partial charge in [-0.05, 0) is 28.1 Å². The van der Waals surface area contributed by atoms with Gasteiger partial charge in [0, 0.05) is 18.1 Å². The molecule has 0 aliphatic heterocycles. The van der Waals surface area contributed by atoms with Crippen molar-refractivity contribution >= 4 is 33.6 Å². The second kappa shape index (κ2) is 9.19. The molecule has 1 N–H and O–H groups in total. The molecule has 2 amide bonds. The minimum Gasteiger partial charge on any atom is -0.464 e. The van der Waals surface area contributed by atoms with Gasteiger partial charge in [-0.3, -0.25) is 0 Å². The molecule has 2 rings (SSSR count). The number of hydrogen-bond acceptors (Lipinski definition) is 6. The number of halogens is 1. The molecule has 1 aromatic carbocycles. The highest BCUT2D eigenvalue weighted by molar-refractivity contribution is 9.10. The van der Waals surface area contributed by atoms with Gasteiger partial charge in [-0.25, -0.2) is 14.6 Å². The van der Waals surface area contributed by atoms with E-state index in [0.29, 0.717) is 18.8 Å². The summed E-state index contributed by atoms with van der Waals surface area (Å²) < 4.78 is 15.6. The third kappa shape index (κ3) is 5.30. The van der Waals surface area contributed by atoms with E-state index in [1.165, 1.54) is 18.3 Å². The van der Waals surface area contributed by atoms with Crippen LogP contribution in [-0.2, 0) is 16.0 Å². The Labute approximate surface area is 153 Å². The Morgan fingerprint density at radius 1 is 1.32 bits per heavy atom. The van der Waals surface area contributed by atoms with E-state index in [2.05, 4.69) is 31.0 Å². The van der Waals surface area contributed by atoms with Crippen LogP contribution >= 0.6 is 15.9 Å². The molecule has 0 bridgehead atoms. The molecule has 2 aromatic rings. The molecule has 0 spiro atoms. The van der Waals surface area contributed by atoms with E-state index < -0.39 is 5.97 Å². The quantitative estimate of drug-likeness (QED) is 0.703. The van der Waals surface area contributed by atoms with Crippen molar-refractivity contribution in [3.8, 4) is 0 Å². The molecule has 134 valence electrons. The minimum atomic E-state index is -0.601. The SMILES string of the molecule is COCCN(Cc1nc(C(=O)OC)co1)C(=O)Nc1ccccc1Br. The second-order valence-electron chi connectivity index (χ2n) is 4.94. The Morgan fingerprint density at radius 2 is 2.08 bits per heavy atom. The molecule has 8 nitrogen and oxygen atoms in total. The van der Waals surface area contributed by atoms with Crippen molar-refractivity contribution < 1.29 is 23.5 Å². The number of carbonyl (C=O) groups is 2. The summed E-state index contributed by atoms with van der Waals surface area (Å²) in [6.45, 7) is 0.743. The maximum atomic E-state index is 12.5. The van der Waals surface area contributed by atoms with E-state index in [9.17, 15) is 9.59 Å². The van der Waals surface area contributed by atoms with Crippen LogP contribution in [0.5, 0.6) is 0 Å². The van der Waals surface area contributed by atoms with Gasteiger partial charge in [-0.1, -0.05) is 12.1 Å². The average Bonchev–Trinajstić information content (AvgIpc) is 3.08. The van der Waals surface area contributed by atoms with Gasteiger partial charge in [-0.2, -0.15) is 0 Å². The summed E-state index contributed by atoms with van der Waals surface area (Å²) in [5.74, 6) is -0.380. The summed E-state index contributed by atoms with van der Waals surface area (Å²) in [6, 6.07) is 6.92. The Balaban J connectivity index is 2.09. The lowest BCUT2D eigenvalue weighted by molar-refractivity contribution is 0.0594. The first-order chi connectivity index (χ1) is 12.0. The standard InChI is InChI=1S/C16H18BrN3O5/c1-23-8-7-20(9-14-18-13(10-25-14)15(21)24-2)16(22)19-12-6-4-3-5-11(12)17/h3-6,10H,7-9H2,1-2H3,(H,19,22). The number of benzene rings is 1. The zero-order valence-electron chi connectivity index (χ0n) is 13.8. The van der Waals surface area contributed by atoms with Gasteiger partial charge in [0.15, 0.2) is 5.69 Å². The van der Waals surface area contributed by atoms with Gasteiger partial charge in [-0.15, -0.1) is 0 Å². The van der Waals surface area contributed by atoms with Crippen molar-refractivity contribution in [2.45, 2.75) is 6.54 Å². The number of hydrogen-bond donors (Lipinski definition) is 1. The van der Waals surface area contributed by atoms with Crippen LogP contribution in [0.1, 0.15) is 16.4 Å². The number of carbonyl (C=O) groups excluding carboxylic acids is 2. The predicted molar refractivity (Wildman–Crippen MR) is 93.3 cm³/mol. The molecule has 0 saturated carbocycles. The van der Waals surface area contributed by atoms with Crippen LogP contribution in [0.4, 0.5) is 10.5 Å². The lowest BCUT2D eigenvalue weighted by atomic mass is 10.3. The van der Waals surface area contributed by atoms with E-state index in [0.717, 1.165) is 4.47 Å². The molecular formula is C16H18BrN3O5. The van der Waals surface area contributed by atoms with Crippen LogP contribution in [0.15, 0.2) is 39.4 Å². The van der Waals surface area contributed by atoms with Crippen molar-refractivity contribution in [1.82, 2.24) is 9.88 Å². The number of ether oxygens (including phenoxy) is 2. The summed E-state index contributed by atoms with van der Waals surface area (Å²) >= 11 is 3.38. The molecule has 1 aromatic heterocycles. The van der Waals surface area contributed by atoms with Gasteiger partial charge in [0.25, 0.3) is 0 Å². The van der Waals surface area contributed by atoms with Gasteiger partial charge < -0.3 is 24.1 Å². The number of para-hydroxylation sites is 1. The number of aromatic nitrogens is 1. The smallest absolute Gasteiger partial charge is 0.360 e. The third-order valence-electron chi connectivity index (χ3n) is 3.24. The Morgan fingerprint density at radius 3 is 2.76 bits per heavy atom. The molecule has 9 heteroatoms. The van der Waals surface area contributed by atoms with Gasteiger partial charge in [0.1, 0.15) is 6.26 Å². The zero-order valence-corrected chi connectivity index (χ0v) is 15.4. The number of anilines is 1. The number of amides is 2. The summed E-state index contributed by atoms with van der Waals surface area (Å²) in [5.41, 5.74) is 0.688. The fourth-order valence-electron chi connectivity index (χ4n) is 1.96. The van der Waals surface area contributed by atoms with Crippen LogP contribution < -0.4 is 5.32 Å². The number of esters is 1. The highest BCUT2D eigenvalue weighted by Gasteiger charge is 2.19. The molecule has 0 fully saturated rings. The van der Waals surface area contributed by atoms with Crippen LogP contribution in [0.3, 0.4) is 0 Å². The largest absolute Gasteiger partial charge is 0.464 e. The number of oxazole rings is 1. The van der Waals surface area contributed by atoms with Crippen molar-refractivity contribution in [2.75, 3.05) is 32.7 Å². The fourth-order valence-corrected chi connectivity index (χ4v) is 2.34. The predicted octanol–water partition coefficient (Wildman–Crippen LogP) is 2.90. The van der Waals surface area contributed by atoms with Crippen molar-refractivity contribution in [1.29, 1.82) is 0 Å². The van der Waals surface area contributed by atoms with Crippen LogP contribution in [0.25, 0.3) is 0 Å². The molecule has 0 unspecified atom stereocenters. The first-order valence-corrected chi connectivity index (χ1v) is 8.16. The maximum Gasteiger partial charge on any atom is 0.360 e. The third-order valence-corrected chi connectivity index (χ3v) is 3.93. The zero-order chi connectivity index (χ0) is 18.2. The molecule has 1 heterocycles. The van der Waals surface area contributed by atoms with Crippen LogP contribution in [0, 0.1) is 0 Å². The van der Waals surface area contributed by atoms with Crippen molar-refractivity contribution in [2.24, 2.45) is 0 Å². The lowest BCUT2D eigenvalue weighted by Gasteiger charge is -2.21. The number of urea groups is 1. The Bertz CT molecular complexity index is 734. The molecule has 0 aliphatic rings. The van der Waals surface area contributed by atoms with E-state index in [-0.39, 0.29) is 24.2 Å². The molecule has 0 atom stereocenters. The van der Waals surface area contributed by atoms with Gasteiger partial charge in [0.2, 0.25) is 5.89 Å². The summed E-state index contributed by atoms with van der Waals surface area (Å²) in [7, 11) is 2.80. The Hall–Kier alpha value is -2.39. The monoisotopic (exact) mass is 411 g/mol. The topological polar surface area (TPSA) is 93.9 Å². The number of nitrogens with zero attached hydrogens (tertiary/aromatic N) is 2. The van der Waals surface area contributed by atoms with Gasteiger partial charge in [0.05, 0.1) is 25.9 Å². The average molecular weight is 412 g/mol. The molecule has 25 heavy (non-hydrogen) atoms. The maximum absolute atomic E-state index is 12.5. The van der Waals surface area contributed by atoms with Crippen molar-refractivity contribution in [3.63, 3.8) is 0 Å². The molecule has 0 saturated heterocycles. The Kier molecular flexibility index (Phi) is 6.96. The number of methoxy groups -OCH3 is 2. The highest BCUT2D eigenvalue weighted by Crippen LogP contribution is 2.21. The summed E-state index contributed by atoms with van der Waals surface area (Å²) in [6.07, 6.45) is 1.20. The van der Waals surface area contributed by atoms with Crippen molar-refractivity contribution in [3.05, 3.63) is 46.6 Å². The lowest BCUT2D eigenvalue weighted by Crippen LogP contribution is -2.37. The normalized spacial score (nSPS) is 10.4. The van der Waals surface area contributed by atoms with Crippen LogP contribution in [0.2, 0.25) is 0 Å². The number of nitrogens with one attached hydrogen (secondary N) is 1. The van der Waals surface area contributed by atoms with E-state index >= 15 is 0 Å². The highest BCUT2D eigenvalue weighted by atomic mass is 79.9. The molecular weight excluding hydrogens is 394 g/mol. The summed E-state index contributed by atoms with van der Waals surface area (Å²) in [5, 5.41) is 2.80. The van der Waals surface area contributed by atoms with Crippen LogP contribution in [-0.4, -0.2) is 49.3 Å². The van der Waals surface area contributed by atoms with E-state index in [1.54, 1.807) is 13.2 Å². The first-order valence-electron chi connectivity index (χ1n) is 7.37. The molecule has 0 aliphatic carbocycles. The van der Waals surface area contributed by atoms with Gasteiger partial charge >= 0.3 is 12.0 Å². The number of rotatable bonds is 7. The van der Waals surface area contributed by atoms with E-state index in [1.807, 2.05) is 18.2 Å². The first kappa shape index (κ1) is 18.9. The molecule has 0 radical (unpaired) electrons. The van der Waals surface area contributed by atoms with E-state index in [4.69, 9.17) is 9.15 Å². The fraction of sp³-hybridized carbons (Fsp3) is 0.312. The minimum absolute atomic E-state index is 0.0513.